The molecular formula is C32H36F2N4O4. The van der Waals surface area contributed by atoms with Crippen LogP contribution >= 0.6 is 0 Å². The molecule has 2 aromatic carbocycles. The summed E-state index contributed by atoms with van der Waals surface area (Å²) in [6, 6.07) is 12.4. The number of carbonyl (C=O) groups excluding carboxylic acids is 2. The first-order chi connectivity index (χ1) is 20.1. The van der Waals surface area contributed by atoms with E-state index < -0.39 is 28.6 Å². The van der Waals surface area contributed by atoms with Gasteiger partial charge < -0.3 is 19.5 Å². The van der Waals surface area contributed by atoms with Crippen LogP contribution in [0, 0.1) is 17.6 Å². The molecule has 0 aliphatic carbocycles. The number of ether oxygens (including phenoxy) is 1. The smallest absolute Gasteiger partial charge is 0.276 e. The highest BCUT2D eigenvalue weighted by Crippen LogP contribution is 2.41. The third kappa shape index (κ3) is 5.31. The van der Waals surface area contributed by atoms with Gasteiger partial charge in [0.15, 0.2) is 11.4 Å². The lowest BCUT2D eigenvalue weighted by Gasteiger charge is -2.48. The lowest BCUT2D eigenvalue weighted by Crippen LogP contribution is -2.62. The summed E-state index contributed by atoms with van der Waals surface area (Å²) in [6.07, 6.45) is 2.06. The van der Waals surface area contributed by atoms with Crippen LogP contribution in [0.25, 0.3) is 0 Å². The highest BCUT2D eigenvalue weighted by atomic mass is 19.1. The highest BCUT2D eigenvalue weighted by Gasteiger charge is 2.55. The number of benzene rings is 2. The topological polar surface area (TPSA) is 83.9 Å². The second-order valence-electron chi connectivity index (χ2n) is 11.5. The van der Waals surface area contributed by atoms with Crippen molar-refractivity contribution >= 4 is 11.8 Å². The van der Waals surface area contributed by atoms with Crippen LogP contribution in [0.15, 0.2) is 59.5 Å². The molecule has 1 aromatic heterocycles. The van der Waals surface area contributed by atoms with Crippen molar-refractivity contribution in [2.24, 2.45) is 5.92 Å². The number of nitrogens with zero attached hydrogens (tertiary/aromatic N) is 3. The van der Waals surface area contributed by atoms with E-state index in [0.717, 1.165) is 24.2 Å². The van der Waals surface area contributed by atoms with Crippen molar-refractivity contribution in [3.8, 4) is 5.75 Å². The molecule has 0 saturated carbocycles. The van der Waals surface area contributed by atoms with Gasteiger partial charge in [-0.05, 0) is 30.9 Å². The average Bonchev–Trinajstić information content (AvgIpc) is 3.23. The Morgan fingerprint density at radius 1 is 1.14 bits per heavy atom. The van der Waals surface area contributed by atoms with Crippen LogP contribution in [0.3, 0.4) is 0 Å². The van der Waals surface area contributed by atoms with Crippen LogP contribution in [-0.2, 0) is 19.7 Å². The van der Waals surface area contributed by atoms with Gasteiger partial charge in [-0.15, -0.1) is 0 Å². The van der Waals surface area contributed by atoms with Gasteiger partial charge in [0.1, 0.15) is 29.5 Å². The van der Waals surface area contributed by atoms with Gasteiger partial charge in [-0.1, -0.05) is 57.2 Å². The summed E-state index contributed by atoms with van der Waals surface area (Å²) >= 11 is 0. The van der Waals surface area contributed by atoms with E-state index >= 15 is 0 Å². The summed E-state index contributed by atoms with van der Waals surface area (Å²) in [4.78, 5) is 45.5. The number of rotatable bonds is 9. The monoisotopic (exact) mass is 578 g/mol. The quantitative estimate of drug-likeness (QED) is 0.403. The number of hydrogen-bond donors (Lipinski definition) is 1. The molecule has 1 fully saturated rings. The van der Waals surface area contributed by atoms with Gasteiger partial charge in [0.25, 0.3) is 11.8 Å². The summed E-state index contributed by atoms with van der Waals surface area (Å²) in [7, 11) is 0. The van der Waals surface area contributed by atoms with Gasteiger partial charge in [0.05, 0.1) is 6.54 Å². The van der Waals surface area contributed by atoms with Gasteiger partial charge in [0.2, 0.25) is 5.43 Å². The molecule has 1 unspecified atom stereocenters. The Bertz CT molecular complexity index is 1560. The average molecular weight is 579 g/mol. The van der Waals surface area contributed by atoms with Crippen molar-refractivity contribution in [1.29, 1.82) is 0 Å². The van der Waals surface area contributed by atoms with Crippen molar-refractivity contribution in [2.75, 3.05) is 13.1 Å². The predicted octanol–water partition coefficient (Wildman–Crippen LogP) is 4.56. The van der Waals surface area contributed by atoms with Crippen LogP contribution < -0.4 is 15.5 Å². The number of carbonyl (C=O) groups is 2. The maximum absolute atomic E-state index is 14.2. The predicted molar refractivity (Wildman–Crippen MR) is 154 cm³/mol. The first-order valence-corrected chi connectivity index (χ1v) is 14.3. The minimum atomic E-state index is -0.805. The summed E-state index contributed by atoms with van der Waals surface area (Å²) in [5.74, 6) is -2.43. The van der Waals surface area contributed by atoms with E-state index in [9.17, 15) is 23.2 Å². The maximum Gasteiger partial charge on any atom is 0.276 e. The molecule has 2 aliphatic heterocycles. The first-order valence-electron chi connectivity index (χ1n) is 14.3. The molecule has 2 aliphatic rings. The zero-order chi connectivity index (χ0) is 30.2. The molecular weight excluding hydrogens is 542 g/mol. The van der Waals surface area contributed by atoms with Crippen molar-refractivity contribution < 1.29 is 23.1 Å². The minimum Gasteiger partial charge on any atom is -0.483 e. The second-order valence-corrected chi connectivity index (χ2v) is 11.5. The van der Waals surface area contributed by atoms with Crippen LogP contribution in [0.5, 0.6) is 5.75 Å². The van der Waals surface area contributed by atoms with E-state index in [4.69, 9.17) is 4.74 Å². The Kier molecular flexibility index (Phi) is 8.19. The molecule has 2 atom stereocenters. The van der Waals surface area contributed by atoms with Crippen molar-refractivity contribution in [3.05, 3.63) is 99.0 Å². The fourth-order valence-electron chi connectivity index (χ4n) is 6.14. The summed E-state index contributed by atoms with van der Waals surface area (Å²) < 4.78 is 35.3. The van der Waals surface area contributed by atoms with Crippen molar-refractivity contribution in [2.45, 2.75) is 65.5 Å². The van der Waals surface area contributed by atoms with Crippen molar-refractivity contribution in [1.82, 2.24) is 19.7 Å². The highest BCUT2D eigenvalue weighted by molar-refractivity contribution is 5.99. The third-order valence-corrected chi connectivity index (χ3v) is 8.18. The molecule has 0 radical (unpaired) electrons. The summed E-state index contributed by atoms with van der Waals surface area (Å²) in [5, 5.41) is 2.57. The maximum atomic E-state index is 14.2. The molecule has 2 amide bonds. The third-order valence-electron chi connectivity index (χ3n) is 8.18. The molecule has 5 rings (SSSR count). The number of hydrogen-bond acceptors (Lipinski definition) is 5. The molecule has 8 nitrogen and oxygen atoms in total. The second kappa shape index (κ2) is 11.7. The number of halogens is 2. The molecule has 42 heavy (non-hydrogen) atoms. The SMILES string of the molecule is CCC12Cn3cc(C(=O)NCc4ccc(F)cc4F)c(=O)c(OCc4ccccc4)c3C(=O)N1C[C@H](C)N2CC(C)C. The largest absolute Gasteiger partial charge is 0.483 e. The Morgan fingerprint density at radius 3 is 2.55 bits per heavy atom. The van der Waals surface area contributed by atoms with Gasteiger partial charge in [-0.3, -0.25) is 19.3 Å². The standard InChI is InChI=1S/C32H36F2N4O4/c1-5-32-19-36-17-25(30(40)35-14-23-11-12-24(33)13-26(23)34)28(39)29(42-18-22-9-7-6-8-10-22)27(36)31(41)38(32)16-21(4)37(32)15-20(2)3/h6-13,17,20-21H,5,14-16,18-19H2,1-4H3,(H,35,40)/t21-,32?/m0/s1. The zero-order valence-electron chi connectivity index (χ0n) is 24.3. The van der Waals surface area contributed by atoms with Crippen molar-refractivity contribution in [3.63, 3.8) is 0 Å². The molecule has 222 valence electrons. The Balaban J connectivity index is 1.56. The summed E-state index contributed by atoms with van der Waals surface area (Å²) in [6.45, 7) is 9.81. The molecule has 3 heterocycles. The first kappa shape index (κ1) is 29.4. The number of aromatic nitrogens is 1. The van der Waals surface area contributed by atoms with Crippen LogP contribution in [0.4, 0.5) is 8.78 Å². The fraction of sp³-hybridized carbons (Fsp3) is 0.406. The number of pyridine rings is 1. The molecule has 0 spiro atoms. The van der Waals surface area contributed by atoms with E-state index in [1.54, 1.807) is 4.57 Å². The zero-order valence-corrected chi connectivity index (χ0v) is 24.3. The number of nitrogens with one attached hydrogen (secondary N) is 1. The van der Waals surface area contributed by atoms with E-state index in [1.807, 2.05) is 42.2 Å². The summed E-state index contributed by atoms with van der Waals surface area (Å²) in [5.41, 5.74) is -0.606. The van der Waals surface area contributed by atoms with E-state index in [0.29, 0.717) is 25.4 Å². The fourth-order valence-corrected chi connectivity index (χ4v) is 6.14. The lowest BCUT2D eigenvalue weighted by atomic mass is 9.98. The molecule has 0 bridgehead atoms. The normalized spacial score (nSPS) is 20.0. The molecule has 1 saturated heterocycles. The van der Waals surface area contributed by atoms with Gasteiger partial charge in [-0.2, -0.15) is 0 Å². The minimum absolute atomic E-state index is 0.0248. The van der Waals surface area contributed by atoms with E-state index in [2.05, 4.69) is 31.0 Å². The van der Waals surface area contributed by atoms with Gasteiger partial charge in [-0.25, -0.2) is 8.78 Å². The number of fused-ring (bicyclic) bond motifs is 2. The Morgan fingerprint density at radius 2 is 1.88 bits per heavy atom. The Labute approximate surface area is 243 Å². The van der Waals surface area contributed by atoms with Crippen LogP contribution in [-0.4, -0.2) is 51.0 Å². The van der Waals surface area contributed by atoms with Crippen LogP contribution in [0.1, 0.15) is 66.1 Å². The van der Waals surface area contributed by atoms with E-state index in [-0.39, 0.29) is 47.7 Å². The Hall–Kier alpha value is -4.05. The van der Waals surface area contributed by atoms with Gasteiger partial charge in [0, 0.05) is 43.5 Å². The van der Waals surface area contributed by atoms with E-state index in [1.165, 1.54) is 12.3 Å². The molecule has 1 N–H and O–H groups in total. The number of amides is 2. The van der Waals surface area contributed by atoms with Gasteiger partial charge >= 0.3 is 0 Å². The molecule has 3 aromatic rings. The molecule has 10 heteroatoms. The van der Waals surface area contributed by atoms with Crippen LogP contribution in [0.2, 0.25) is 0 Å². The lowest BCUT2D eigenvalue weighted by molar-refractivity contribution is -0.0233.